The van der Waals surface area contributed by atoms with Crippen LogP contribution in [0.25, 0.3) is 33.5 Å². The molecule has 48 heavy (non-hydrogen) atoms. The number of aromatic nitrogens is 3. The maximum absolute atomic E-state index is 15.4. The molecule has 2 aromatic carbocycles. The smallest absolute Gasteiger partial charge is 0.265 e. The third kappa shape index (κ3) is 5.74. The summed E-state index contributed by atoms with van der Waals surface area (Å²) >= 11 is 0. The lowest BCUT2D eigenvalue weighted by Crippen LogP contribution is -2.41. The number of aliphatic hydroxyl groups excluding tert-OH is 1. The van der Waals surface area contributed by atoms with Crippen molar-refractivity contribution in [2.45, 2.75) is 57.3 Å². The average molecular weight is 648 g/mol. The number of hydrogen-bond acceptors (Lipinski definition) is 7. The van der Waals surface area contributed by atoms with Crippen molar-refractivity contribution < 1.29 is 24.1 Å². The Morgan fingerprint density at radius 2 is 1.88 bits per heavy atom. The van der Waals surface area contributed by atoms with Crippen molar-refractivity contribution in [1.29, 1.82) is 0 Å². The fourth-order valence-electron chi connectivity index (χ4n) is 7.06. The predicted octanol–water partition coefficient (Wildman–Crippen LogP) is 6.19. The molecule has 0 radical (unpaired) electrons. The Morgan fingerprint density at radius 3 is 2.62 bits per heavy atom. The van der Waals surface area contributed by atoms with E-state index in [1.165, 1.54) is 11.0 Å². The molecular formula is C38H38FN5O4. The molecular weight excluding hydrogens is 609 g/mol. The van der Waals surface area contributed by atoms with Gasteiger partial charge in [0.05, 0.1) is 35.8 Å². The Bertz CT molecular complexity index is 2010. The predicted molar refractivity (Wildman–Crippen MR) is 181 cm³/mol. The van der Waals surface area contributed by atoms with Crippen LogP contribution in [0.2, 0.25) is 0 Å². The Hall–Kier alpha value is -4.64. The number of carbonyl (C=O) groups excluding carboxylic acids is 1. The SMILES string of the molecule is CC1(O)CCN(Cc2ccc(-c3cc4c(-c5cccc(N6CCOc7cc(C8CC8)cc(F)c7C6=O)c5CO)ccnc4[nH]3)nc2)CC1. The summed E-state index contributed by atoms with van der Waals surface area (Å²) in [5.41, 5.74) is 6.25. The molecule has 0 unspecified atom stereocenters. The number of H-pyrrole nitrogens is 1. The number of nitrogens with zero attached hydrogens (tertiary/aromatic N) is 4. The third-order valence-electron chi connectivity index (χ3n) is 10.0. The molecule has 0 bridgehead atoms. The van der Waals surface area contributed by atoms with Crippen LogP contribution in [0.4, 0.5) is 10.1 Å². The van der Waals surface area contributed by atoms with E-state index in [1.807, 2.05) is 43.5 Å². The first-order valence-corrected chi connectivity index (χ1v) is 16.7. The lowest BCUT2D eigenvalue weighted by Gasteiger charge is -2.35. The second kappa shape index (κ2) is 12.1. The molecule has 0 atom stereocenters. The van der Waals surface area contributed by atoms with Gasteiger partial charge in [-0.05, 0) is 97.2 Å². The minimum absolute atomic E-state index is 0.0737. The second-order valence-electron chi connectivity index (χ2n) is 13.5. The molecule has 3 aromatic heterocycles. The fraction of sp³-hybridized carbons (Fsp3) is 0.342. The number of aromatic amines is 1. The number of ether oxygens (including phenoxy) is 1. The van der Waals surface area contributed by atoms with Crippen LogP contribution in [0, 0.1) is 5.82 Å². The molecule has 5 aromatic rings. The van der Waals surface area contributed by atoms with Crippen molar-refractivity contribution >= 4 is 22.6 Å². The molecule has 2 fully saturated rings. The molecule has 2 aliphatic heterocycles. The summed E-state index contributed by atoms with van der Waals surface area (Å²) in [4.78, 5) is 30.5. The number of benzene rings is 2. The number of fused-ring (bicyclic) bond motifs is 2. The lowest BCUT2D eigenvalue weighted by molar-refractivity contribution is -0.00732. The second-order valence-corrected chi connectivity index (χ2v) is 13.5. The maximum atomic E-state index is 15.4. The number of likely N-dealkylation sites (tertiary alicyclic amines) is 1. The number of hydrogen-bond donors (Lipinski definition) is 3. The minimum Gasteiger partial charge on any atom is -0.491 e. The fourth-order valence-corrected chi connectivity index (χ4v) is 7.06. The van der Waals surface area contributed by atoms with Gasteiger partial charge < -0.3 is 24.8 Å². The van der Waals surface area contributed by atoms with Gasteiger partial charge in [-0.3, -0.25) is 14.7 Å². The van der Waals surface area contributed by atoms with Crippen LogP contribution < -0.4 is 9.64 Å². The number of pyridine rings is 2. The summed E-state index contributed by atoms with van der Waals surface area (Å²) in [6.45, 7) is 4.48. The standard InChI is InChI=1S/C38H38FN5O4/c1-38(47)10-13-43(14-11-38)21-23-5-8-31(41-20-23)32-19-28-27(9-12-40-36(28)42-32)26-3-2-4-33(29(26)22-45)44-15-16-48-34-18-25(24-6-7-24)17-30(39)35(34)37(44)46/h2-5,8-9,12,17-20,24,45,47H,6-7,10-11,13-16,21-22H2,1H3,(H,40,42). The lowest BCUT2D eigenvalue weighted by atomic mass is 9.94. The minimum atomic E-state index is -0.578. The highest BCUT2D eigenvalue weighted by molar-refractivity contribution is 6.09. The third-order valence-corrected chi connectivity index (χ3v) is 10.0. The van der Waals surface area contributed by atoms with Gasteiger partial charge in [0.2, 0.25) is 0 Å². The molecule has 3 N–H and O–H groups in total. The van der Waals surface area contributed by atoms with Crippen LogP contribution in [-0.4, -0.2) is 67.8 Å². The van der Waals surface area contributed by atoms with E-state index >= 15 is 4.39 Å². The van der Waals surface area contributed by atoms with Gasteiger partial charge in [0.1, 0.15) is 29.4 Å². The van der Waals surface area contributed by atoms with Gasteiger partial charge >= 0.3 is 0 Å². The average Bonchev–Trinajstić information content (AvgIpc) is 3.87. The van der Waals surface area contributed by atoms with E-state index in [-0.39, 0.29) is 31.1 Å². The number of anilines is 1. The quantitative estimate of drug-likeness (QED) is 0.193. The van der Waals surface area contributed by atoms with Gasteiger partial charge in [0.25, 0.3) is 5.91 Å². The zero-order valence-electron chi connectivity index (χ0n) is 26.9. The number of nitrogens with one attached hydrogen (secondary N) is 1. The largest absolute Gasteiger partial charge is 0.491 e. The van der Waals surface area contributed by atoms with Gasteiger partial charge in [-0.15, -0.1) is 0 Å². The molecule has 3 aliphatic rings. The topological polar surface area (TPSA) is 115 Å². The summed E-state index contributed by atoms with van der Waals surface area (Å²) in [7, 11) is 0. The van der Waals surface area contributed by atoms with Crippen LogP contribution in [0.1, 0.15) is 65.6 Å². The Balaban J connectivity index is 1.10. The maximum Gasteiger partial charge on any atom is 0.265 e. The van der Waals surface area contributed by atoms with Crippen molar-refractivity contribution in [3.63, 3.8) is 0 Å². The number of halogens is 1. The van der Waals surface area contributed by atoms with E-state index in [4.69, 9.17) is 9.72 Å². The van der Waals surface area contributed by atoms with E-state index < -0.39 is 17.3 Å². The highest BCUT2D eigenvalue weighted by Gasteiger charge is 2.33. The summed E-state index contributed by atoms with van der Waals surface area (Å²) in [6, 6.07) is 16.8. The Labute approximate surface area is 278 Å². The first-order valence-electron chi connectivity index (χ1n) is 16.7. The summed E-state index contributed by atoms with van der Waals surface area (Å²) in [6.07, 6.45) is 7.17. The normalized spacial score (nSPS) is 18.1. The van der Waals surface area contributed by atoms with Gasteiger partial charge in [-0.2, -0.15) is 0 Å². The molecule has 1 aliphatic carbocycles. The van der Waals surface area contributed by atoms with Crippen molar-refractivity contribution in [3.8, 4) is 28.3 Å². The summed E-state index contributed by atoms with van der Waals surface area (Å²) in [5, 5.41) is 21.8. The van der Waals surface area contributed by atoms with Crippen LogP contribution in [0.15, 0.2) is 67.0 Å². The molecule has 0 spiro atoms. The van der Waals surface area contributed by atoms with Crippen molar-refractivity contribution in [2.24, 2.45) is 0 Å². The molecule has 8 rings (SSSR count). The molecule has 1 amide bonds. The molecule has 246 valence electrons. The monoisotopic (exact) mass is 647 g/mol. The number of piperidine rings is 1. The summed E-state index contributed by atoms with van der Waals surface area (Å²) in [5.74, 6) is -0.457. The number of rotatable bonds is 7. The van der Waals surface area contributed by atoms with Crippen molar-refractivity contribution in [2.75, 3.05) is 31.1 Å². The van der Waals surface area contributed by atoms with E-state index in [9.17, 15) is 15.0 Å². The van der Waals surface area contributed by atoms with Crippen LogP contribution >= 0.6 is 0 Å². The number of carbonyl (C=O) groups is 1. The van der Waals surface area contributed by atoms with E-state index in [0.717, 1.165) is 84.3 Å². The first-order chi connectivity index (χ1) is 23.3. The molecule has 1 saturated carbocycles. The van der Waals surface area contributed by atoms with Gasteiger partial charge in [-0.1, -0.05) is 18.2 Å². The molecule has 10 heteroatoms. The van der Waals surface area contributed by atoms with Crippen LogP contribution in [0.5, 0.6) is 5.75 Å². The van der Waals surface area contributed by atoms with E-state index in [0.29, 0.717) is 22.8 Å². The molecule has 1 saturated heterocycles. The Kier molecular flexibility index (Phi) is 7.74. The molecule has 9 nitrogen and oxygen atoms in total. The number of aliphatic hydroxyl groups is 2. The van der Waals surface area contributed by atoms with Crippen LogP contribution in [-0.2, 0) is 13.2 Å². The highest BCUT2D eigenvalue weighted by Crippen LogP contribution is 2.44. The zero-order valence-corrected chi connectivity index (χ0v) is 26.9. The Morgan fingerprint density at radius 1 is 1.04 bits per heavy atom. The first kappa shape index (κ1) is 30.7. The van der Waals surface area contributed by atoms with Crippen LogP contribution in [0.3, 0.4) is 0 Å². The van der Waals surface area contributed by atoms with Crippen molar-refractivity contribution in [3.05, 3.63) is 95.1 Å². The zero-order chi connectivity index (χ0) is 33.0. The number of amides is 1. The highest BCUT2D eigenvalue weighted by atomic mass is 19.1. The van der Waals surface area contributed by atoms with E-state index in [1.54, 1.807) is 18.3 Å². The van der Waals surface area contributed by atoms with Crippen molar-refractivity contribution in [1.82, 2.24) is 19.9 Å². The van der Waals surface area contributed by atoms with Gasteiger partial charge in [0, 0.05) is 43.0 Å². The van der Waals surface area contributed by atoms with Gasteiger partial charge in [-0.25, -0.2) is 9.37 Å². The molecule has 5 heterocycles. The summed E-state index contributed by atoms with van der Waals surface area (Å²) < 4.78 is 21.4. The van der Waals surface area contributed by atoms with Gasteiger partial charge in [0.15, 0.2) is 0 Å². The van der Waals surface area contributed by atoms with E-state index in [2.05, 4.69) is 20.9 Å².